The van der Waals surface area contributed by atoms with Crippen LogP contribution in [0.2, 0.25) is 0 Å². The van der Waals surface area contributed by atoms with Crippen molar-refractivity contribution in [1.29, 1.82) is 0 Å². The Morgan fingerprint density at radius 3 is 2.52 bits per heavy atom. The number of hydrogen-bond acceptors (Lipinski definition) is 4. The molecule has 7 nitrogen and oxygen atoms in total. The number of ether oxygens (including phenoxy) is 1. The Kier molecular flexibility index (Phi) is 9.05. The van der Waals surface area contributed by atoms with Crippen molar-refractivity contribution >= 4 is 17.8 Å². The van der Waals surface area contributed by atoms with E-state index in [9.17, 15) is 14.4 Å². The average Bonchev–Trinajstić information content (AvgIpc) is 2.58. The first-order chi connectivity index (χ1) is 12.7. The molecule has 1 aromatic carbocycles. The van der Waals surface area contributed by atoms with E-state index in [0.717, 1.165) is 5.57 Å². The highest BCUT2D eigenvalue weighted by atomic mass is 16.5. The minimum Gasteiger partial charge on any atom is -0.490 e. The molecule has 0 saturated carbocycles. The van der Waals surface area contributed by atoms with Crippen LogP contribution < -0.4 is 15.4 Å². The molecule has 0 unspecified atom stereocenters. The van der Waals surface area contributed by atoms with E-state index in [1.165, 1.54) is 0 Å². The van der Waals surface area contributed by atoms with Crippen molar-refractivity contribution in [3.05, 3.63) is 41.5 Å². The van der Waals surface area contributed by atoms with Crippen LogP contribution in [0.5, 0.6) is 5.75 Å². The van der Waals surface area contributed by atoms with Gasteiger partial charge >= 0.3 is 5.97 Å². The zero-order valence-electron chi connectivity index (χ0n) is 16.2. The van der Waals surface area contributed by atoms with Crippen LogP contribution in [0, 0.1) is 5.92 Å². The van der Waals surface area contributed by atoms with Crippen molar-refractivity contribution in [3.63, 3.8) is 0 Å². The number of rotatable bonds is 10. The third-order valence-corrected chi connectivity index (χ3v) is 3.59. The Bertz CT molecular complexity index is 693. The van der Waals surface area contributed by atoms with Crippen LogP contribution in [0.4, 0.5) is 0 Å². The molecule has 0 radical (unpaired) electrons. The van der Waals surface area contributed by atoms with E-state index in [4.69, 9.17) is 9.84 Å². The predicted molar refractivity (Wildman–Crippen MR) is 103 cm³/mol. The molecule has 0 aromatic heterocycles. The quantitative estimate of drug-likeness (QED) is 0.544. The zero-order chi connectivity index (χ0) is 20.4. The van der Waals surface area contributed by atoms with Crippen molar-refractivity contribution in [3.8, 4) is 5.75 Å². The number of nitrogens with one attached hydrogen (secondary N) is 2. The van der Waals surface area contributed by atoms with Gasteiger partial charge in [0.2, 0.25) is 5.91 Å². The lowest BCUT2D eigenvalue weighted by molar-refractivity contribution is -0.142. The molecule has 1 atom stereocenters. The van der Waals surface area contributed by atoms with E-state index in [2.05, 4.69) is 10.6 Å². The lowest BCUT2D eigenvalue weighted by Gasteiger charge is -2.16. The molecular formula is C20H28N2O5. The molecule has 0 spiro atoms. The first-order valence-electron chi connectivity index (χ1n) is 8.85. The number of carbonyl (C=O) groups is 3. The molecule has 148 valence electrons. The monoisotopic (exact) mass is 376 g/mol. The second-order valence-corrected chi connectivity index (χ2v) is 6.89. The average molecular weight is 376 g/mol. The van der Waals surface area contributed by atoms with E-state index >= 15 is 0 Å². The molecule has 0 fully saturated rings. The number of carboxylic acids is 1. The van der Waals surface area contributed by atoms with Gasteiger partial charge in [-0.3, -0.25) is 9.59 Å². The Hall–Kier alpha value is -2.83. The highest BCUT2D eigenvalue weighted by Crippen LogP contribution is 2.13. The summed E-state index contributed by atoms with van der Waals surface area (Å²) >= 11 is 0. The minimum atomic E-state index is -1.09. The van der Waals surface area contributed by atoms with Crippen molar-refractivity contribution in [2.75, 3.05) is 13.2 Å². The SMILES string of the molecule is CC(C)=CCOc1cccc(C(=O)NCC(=O)N[C@@H](CC(C)C)C(=O)O)c1. The largest absolute Gasteiger partial charge is 0.490 e. The summed E-state index contributed by atoms with van der Waals surface area (Å²) in [6.07, 6.45) is 2.24. The number of hydrogen-bond donors (Lipinski definition) is 3. The van der Waals surface area contributed by atoms with Crippen LogP contribution in [-0.2, 0) is 9.59 Å². The normalized spacial score (nSPS) is 11.4. The maximum absolute atomic E-state index is 12.2. The number of benzene rings is 1. The predicted octanol–water partition coefficient (Wildman–Crippen LogP) is 2.38. The van der Waals surface area contributed by atoms with Gasteiger partial charge in [-0.1, -0.05) is 25.5 Å². The molecular weight excluding hydrogens is 348 g/mol. The van der Waals surface area contributed by atoms with Gasteiger partial charge < -0.3 is 20.5 Å². The number of allylic oxidation sites excluding steroid dienone is 1. The van der Waals surface area contributed by atoms with E-state index in [-0.39, 0.29) is 12.5 Å². The van der Waals surface area contributed by atoms with E-state index in [1.807, 2.05) is 33.8 Å². The third-order valence-electron chi connectivity index (χ3n) is 3.59. The Morgan fingerprint density at radius 2 is 1.93 bits per heavy atom. The van der Waals surface area contributed by atoms with Crippen LogP contribution in [0.1, 0.15) is 44.5 Å². The van der Waals surface area contributed by atoms with Gasteiger partial charge in [-0.25, -0.2) is 4.79 Å². The molecule has 3 N–H and O–H groups in total. The molecule has 1 aromatic rings. The molecule has 0 bridgehead atoms. The maximum atomic E-state index is 12.2. The van der Waals surface area contributed by atoms with Gasteiger partial charge in [-0.2, -0.15) is 0 Å². The molecule has 27 heavy (non-hydrogen) atoms. The first-order valence-corrected chi connectivity index (χ1v) is 8.85. The van der Waals surface area contributed by atoms with Gasteiger partial charge in [0.25, 0.3) is 5.91 Å². The summed E-state index contributed by atoms with van der Waals surface area (Å²) in [5.41, 5.74) is 1.49. The fraction of sp³-hybridized carbons (Fsp3) is 0.450. The molecule has 0 heterocycles. The molecule has 0 saturated heterocycles. The van der Waals surface area contributed by atoms with Gasteiger partial charge in [0.05, 0.1) is 6.54 Å². The van der Waals surface area contributed by atoms with Gasteiger partial charge in [-0.15, -0.1) is 0 Å². The molecule has 0 aliphatic rings. The van der Waals surface area contributed by atoms with Crippen molar-refractivity contribution in [2.24, 2.45) is 5.92 Å². The molecule has 1 rings (SSSR count). The smallest absolute Gasteiger partial charge is 0.326 e. The minimum absolute atomic E-state index is 0.120. The van der Waals surface area contributed by atoms with Crippen LogP contribution in [0.3, 0.4) is 0 Å². The Balaban J connectivity index is 2.57. The molecule has 7 heteroatoms. The summed E-state index contributed by atoms with van der Waals surface area (Å²) in [4.78, 5) is 35.3. The number of aliphatic carboxylic acids is 1. The molecule has 0 aliphatic heterocycles. The highest BCUT2D eigenvalue weighted by Gasteiger charge is 2.21. The summed E-state index contributed by atoms with van der Waals surface area (Å²) in [7, 11) is 0. The number of amides is 2. The summed E-state index contributed by atoms with van der Waals surface area (Å²) in [5, 5.41) is 14.0. The lowest BCUT2D eigenvalue weighted by Crippen LogP contribution is -2.46. The fourth-order valence-electron chi connectivity index (χ4n) is 2.23. The Morgan fingerprint density at radius 1 is 1.22 bits per heavy atom. The third kappa shape index (κ3) is 8.89. The fourth-order valence-corrected chi connectivity index (χ4v) is 2.23. The van der Waals surface area contributed by atoms with Crippen LogP contribution in [0.15, 0.2) is 35.9 Å². The summed E-state index contributed by atoms with van der Waals surface area (Å²) < 4.78 is 5.55. The van der Waals surface area contributed by atoms with Gasteiger partial charge in [0.1, 0.15) is 18.4 Å². The number of carbonyl (C=O) groups excluding carboxylic acids is 2. The summed E-state index contributed by atoms with van der Waals surface area (Å²) in [6, 6.07) is 5.66. The first kappa shape index (κ1) is 22.2. The van der Waals surface area contributed by atoms with E-state index in [0.29, 0.717) is 24.3 Å². The maximum Gasteiger partial charge on any atom is 0.326 e. The van der Waals surface area contributed by atoms with E-state index in [1.54, 1.807) is 24.3 Å². The molecule has 0 aliphatic carbocycles. The van der Waals surface area contributed by atoms with Crippen LogP contribution >= 0.6 is 0 Å². The highest BCUT2D eigenvalue weighted by molar-refractivity contribution is 5.97. The van der Waals surface area contributed by atoms with Crippen LogP contribution in [0.25, 0.3) is 0 Å². The molecule has 2 amide bonds. The van der Waals surface area contributed by atoms with Crippen molar-refractivity contribution in [1.82, 2.24) is 10.6 Å². The standard InChI is InChI=1S/C20H28N2O5/c1-13(2)8-9-27-16-7-5-6-15(11-16)19(24)21-12-18(23)22-17(20(25)26)10-14(3)4/h5-8,11,14,17H,9-10,12H2,1-4H3,(H,21,24)(H,22,23)(H,25,26)/t17-/m0/s1. The van der Waals surface area contributed by atoms with Gasteiger partial charge in [0, 0.05) is 5.56 Å². The summed E-state index contributed by atoms with van der Waals surface area (Å²) in [5.74, 6) is -1.41. The van der Waals surface area contributed by atoms with Gasteiger partial charge in [-0.05, 0) is 50.5 Å². The van der Waals surface area contributed by atoms with Crippen LogP contribution in [-0.4, -0.2) is 42.1 Å². The van der Waals surface area contributed by atoms with E-state index < -0.39 is 23.8 Å². The second-order valence-electron chi connectivity index (χ2n) is 6.89. The lowest BCUT2D eigenvalue weighted by atomic mass is 10.0. The topological polar surface area (TPSA) is 105 Å². The summed E-state index contributed by atoms with van der Waals surface area (Å²) in [6.45, 7) is 7.78. The van der Waals surface area contributed by atoms with Crippen molar-refractivity contribution < 1.29 is 24.2 Å². The van der Waals surface area contributed by atoms with Crippen molar-refractivity contribution in [2.45, 2.75) is 40.2 Å². The second kappa shape index (κ2) is 11.0. The van der Waals surface area contributed by atoms with Gasteiger partial charge in [0.15, 0.2) is 0 Å². The number of carboxylic acid groups (broad SMARTS) is 1. The zero-order valence-corrected chi connectivity index (χ0v) is 16.2. The Labute approximate surface area is 159 Å².